The highest BCUT2D eigenvalue weighted by Gasteiger charge is 2.19. The Morgan fingerprint density at radius 3 is 2.42 bits per heavy atom. The van der Waals surface area contributed by atoms with Crippen molar-refractivity contribution in [3.05, 3.63) is 66.2 Å². The Bertz CT molecular complexity index is 1560. The number of hydrogen-bond donors (Lipinski definition) is 2. The summed E-state index contributed by atoms with van der Waals surface area (Å²) in [6.45, 7) is 8.88. The van der Waals surface area contributed by atoms with Crippen molar-refractivity contribution in [3.63, 3.8) is 0 Å². The van der Waals surface area contributed by atoms with Crippen LogP contribution < -0.4 is 14.9 Å². The van der Waals surface area contributed by atoms with Crippen molar-refractivity contribution in [1.82, 2.24) is 24.2 Å². The Labute approximate surface area is 222 Å². The zero-order valence-corrected chi connectivity index (χ0v) is 22.8. The summed E-state index contributed by atoms with van der Waals surface area (Å²) in [6.07, 6.45) is 3.56. The van der Waals surface area contributed by atoms with Crippen molar-refractivity contribution in [3.8, 4) is 5.69 Å². The number of hydrogen-bond acceptors (Lipinski definition) is 7. The Hall–Kier alpha value is -3.54. The second-order valence-electron chi connectivity index (χ2n) is 9.96. The zero-order chi connectivity index (χ0) is 27.0. The highest BCUT2D eigenvalue weighted by molar-refractivity contribution is 7.89. The number of benzene rings is 2. The van der Waals surface area contributed by atoms with Gasteiger partial charge in [-0.15, -0.1) is 0 Å². The van der Waals surface area contributed by atoms with Crippen LogP contribution >= 0.6 is 0 Å². The van der Waals surface area contributed by atoms with Crippen LogP contribution in [-0.2, 0) is 10.0 Å². The summed E-state index contributed by atoms with van der Waals surface area (Å²) in [4.78, 5) is 13.6. The van der Waals surface area contributed by atoms with Gasteiger partial charge in [0.15, 0.2) is 0 Å². The average molecular weight is 538 g/mol. The molecule has 2 aromatic heterocycles. The fourth-order valence-electron chi connectivity index (χ4n) is 4.56. The molecule has 11 heteroatoms. The number of fused-ring (bicyclic) bond motifs is 1. The molecule has 1 aliphatic heterocycles. The van der Waals surface area contributed by atoms with E-state index in [-0.39, 0.29) is 16.8 Å². The maximum atomic E-state index is 15.1. The summed E-state index contributed by atoms with van der Waals surface area (Å²) in [5.41, 5.74) is 3.51. The normalized spacial score (nSPS) is 14.9. The largest absolute Gasteiger partial charge is 0.367 e. The van der Waals surface area contributed by atoms with Crippen LogP contribution in [0.1, 0.15) is 19.4 Å². The molecule has 200 valence electrons. The number of likely N-dealkylation sites (N-methyl/N-ethyl adjacent to an activating group) is 1. The first-order chi connectivity index (χ1) is 18.1. The van der Waals surface area contributed by atoms with Crippen LogP contribution in [-0.4, -0.2) is 67.1 Å². The molecule has 38 heavy (non-hydrogen) atoms. The molecular weight excluding hydrogens is 505 g/mol. The highest BCUT2D eigenvalue weighted by atomic mass is 32.2. The molecule has 0 radical (unpaired) electrons. The molecule has 4 aromatic rings. The molecule has 0 bridgehead atoms. The van der Waals surface area contributed by atoms with Crippen molar-refractivity contribution in [2.24, 2.45) is 0 Å². The van der Waals surface area contributed by atoms with E-state index in [2.05, 4.69) is 36.9 Å². The fraction of sp³-hybridized carbons (Fsp3) is 0.333. The van der Waals surface area contributed by atoms with Gasteiger partial charge in [-0.1, -0.05) is 0 Å². The lowest BCUT2D eigenvalue weighted by atomic mass is 10.1. The smallest absolute Gasteiger partial charge is 0.240 e. The summed E-state index contributed by atoms with van der Waals surface area (Å²) in [7, 11) is -1.51. The second-order valence-corrected chi connectivity index (χ2v) is 11.7. The number of rotatable bonds is 7. The summed E-state index contributed by atoms with van der Waals surface area (Å²) in [6, 6.07) is 11.7. The number of piperazine rings is 1. The van der Waals surface area contributed by atoms with Crippen LogP contribution in [0.25, 0.3) is 16.7 Å². The monoisotopic (exact) mass is 537 g/mol. The average Bonchev–Trinajstić information content (AvgIpc) is 3.29. The first-order valence-electron chi connectivity index (χ1n) is 12.6. The number of aromatic nitrogens is 3. The van der Waals surface area contributed by atoms with E-state index >= 15 is 4.39 Å². The van der Waals surface area contributed by atoms with E-state index < -0.39 is 10.0 Å². The Kier molecular flexibility index (Phi) is 7.08. The van der Waals surface area contributed by atoms with E-state index in [0.29, 0.717) is 23.0 Å². The molecular formula is C27H32FN7O2S. The molecule has 2 N–H and O–H groups in total. The van der Waals surface area contributed by atoms with Gasteiger partial charge in [0.1, 0.15) is 11.5 Å². The SMILES string of the molecule is Cc1cc(N2CCN(C)CC2)c(F)cc1Nc1ncc2ccn(-c3ccc(S(=O)(=O)NC(C)C)cc3)c2n1. The lowest BCUT2D eigenvalue weighted by Gasteiger charge is -2.34. The van der Waals surface area contributed by atoms with Gasteiger partial charge in [0.2, 0.25) is 16.0 Å². The quantitative estimate of drug-likeness (QED) is 0.367. The predicted octanol–water partition coefficient (Wildman–Crippen LogP) is 4.05. The second kappa shape index (κ2) is 10.3. The Morgan fingerprint density at radius 1 is 1.03 bits per heavy atom. The first kappa shape index (κ1) is 26.1. The van der Waals surface area contributed by atoms with E-state index in [4.69, 9.17) is 0 Å². The maximum Gasteiger partial charge on any atom is 0.240 e. The minimum atomic E-state index is -3.58. The number of halogens is 1. The molecule has 5 rings (SSSR count). The summed E-state index contributed by atoms with van der Waals surface area (Å²) < 4.78 is 44.5. The minimum absolute atomic E-state index is 0.195. The van der Waals surface area contributed by atoms with Crippen molar-refractivity contribution in [2.75, 3.05) is 43.4 Å². The van der Waals surface area contributed by atoms with Crippen LogP contribution in [0.4, 0.5) is 21.7 Å². The fourth-order valence-corrected chi connectivity index (χ4v) is 5.81. The van der Waals surface area contributed by atoms with Crippen LogP contribution in [0.15, 0.2) is 59.8 Å². The molecule has 3 heterocycles. The molecule has 9 nitrogen and oxygen atoms in total. The minimum Gasteiger partial charge on any atom is -0.367 e. The van der Waals surface area contributed by atoms with Gasteiger partial charge in [-0.25, -0.2) is 22.5 Å². The van der Waals surface area contributed by atoms with Crippen molar-refractivity contribution in [2.45, 2.75) is 31.7 Å². The van der Waals surface area contributed by atoms with E-state index in [1.54, 1.807) is 44.3 Å². The van der Waals surface area contributed by atoms with Gasteiger partial charge in [0.25, 0.3) is 0 Å². The molecule has 0 unspecified atom stereocenters. The van der Waals surface area contributed by atoms with Gasteiger partial charge < -0.3 is 19.7 Å². The lowest BCUT2D eigenvalue weighted by molar-refractivity contribution is 0.311. The van der Waals surface area contributed by atoms with E-state index in [0.717, 1.165) is 42.8 Å². The van der Waals surface area contributed by atoms with E-state index in [1.807, 2.05) is 29.8 Å². The van der Waals surface area contributed by atoms with Crippen LogP contribution in [0.2, 0.25) is 0 Å². The van der Waals surface area contributed by atoms with Crippen molar-refractivity contribution >= 4 is 38.4 Å². The van der Waals surface area contributed by atoms with E-state index in [1.165, 1.54) is 6.07 Å². The molecule has 0 amide bonds. The number of nitrogens with one attached hydrogen (secondary N) is 2. The van der Waals surface area contributed by atoms with Crippen LogP contribution in [0.3, 0.4) is 0 Å². The Morgan fingerprint density at radius 2 is 1.74 bits per heavy atom. The van der Waals surface area contributed by atoms with Crippen LogP contribution in [0, 0.1) is 12.7 Å². The number of sulfonamides is 1. The predicted molar refractivity (Wildman–Crippen MR) is 148 cm³/mol. The molecule has 1 fully saturated rings. The summed E-state index contributed by atoms with van der Waals surface area (Å²) in [5.74, 6) is 0.0572. The van der Waals surface area contributed by atoms with Gasteiger partial charge in [-0.2, -0.15) is 4.98 Å². The molecule has 0 spiro atoms. The third-order valence-electron chi connectivity index (χ3n) is 6.63. The molecule has 0 aliphatic carbocycles. The van der Waals surface area contributed by atoms with Crippen molar-refractivity contribution < 1.29 is 12.8 Å². The molecule has 0 saturated carbocycles. The standard InChI is InChI=1S/C27H32FN7O2S/c1-18(2)32-38(36,37)22-7-5-21(6-8-22)35-10-9-20-17-29-27(31-26(20)35)30-24-16-23(28)25(15-19(24)3)34-13-11-33(4)12-14-34/h5-10,15-18,32H,11-14H2,1-4H3,(H,29,30,31). The first-order valence-corrected chi connectivity index (χ1v) is 14.1. The molecule has 2 aromatic carbocycles. The number of anilines is 3. The van der Waals surface area contributed by atoms with Gasteiger partial charge >= 0.3 is 0 Å². The van der Waals surface area contributed by atoms with Gasteiger partial charge in [0.05, 0.1) is 10.6 Å². The zero-order valence-electron chi connectivity index (χ0n) is 21.9. The maximum absolute atomic E-state index is 15.1. The van der Waals surface area contributed by atoms with Gasteiger partial charge in [-0.05, 0) is 75.8 Å². The number of aryl methyl sites for hydroxylation is 1. The van der Waals surface area contributed by atoms with Gasteiger partial charge in [-0.3, -0.25) is 0 Å². The third-order valence-corrected chi connectivity index (χ3v) is 8.30. The number of nitrogens with zero attached hydrogens (tertiary/aromatic N) is 5. The highest BCUT2D eigenvalue weighted by Crippen LogP contribution is 2.29. The summed E-state index contributed by atoms with van der Waals surface area (Å²) >= 11 is 0. The van der Waals surface area contributed by atoms with E-state index in [9.17, 15) is 8.42 Å². The third kappa shape index (κ3) is 5.35. The molecule has 1 aliphatic rings. The van der Waals surface area contributed by atoms with Gasteiger partial charge in [0, 0.05) is 61.4 Å². The molecule has 0 atom stereocenters. The van der Waals surface area contributed by atoms with Crippen LogP contribution in [0.5, 0.6) is 0 Å². The Balaban J connectivity index is 1.40. The summed E-state index contributed by atoms with van der Waals surface area (Å²) in [5, 5.41) is 3.99. The lowest BCUT2D eigenvalue weighted by Crippen LogP contribution is -2.44. The topological polar surface area (TPSA) is 95.4 Å². The molecule has 1 saturated heterocycles. The van der Waals surface area contributed by atoms with Crippen molar-refractivity contribution in [1.29, 1.82) is 0 Å².